The lowest BCUT2D eigenvalue weighted by Gasteiger charge is -2.19. The van der Waals surface area contributed by atoms with Crippen molar-refractivity contribution in [2.24, 2.45) is 0 Å². The molecule has 1 N–H and O–H groups in total. The molecule has 3 heterocycles. The van der Waals surface area contributed by atoms with Crippen LogP contribution in [0.5, 0.6) is 28.7 Å². The lowest BCUT2D eigenvalue weighted by molar-refractivity contribution is 0.174. The van der Waals surface area contributed by atoms with Gasteiger partial charge >= 0.3 is 0 Å². The molecule has 2 aromatic carbocycles. The van der Waals surface area contributed by atoms with Crippen molar-refractivity contribution in [2.45, 2.75) is 6.61 Å². The Labute approximate surface area is 130 Å². The standard InChI is InChI=1S/C17H12O6/c1-19-17-11(18)3-2-8-15-10(6-20-16(8)17)9-4-13-14(22-7-21-13)5-12(9)23-15/h2-5,18H,6-7H2,1H3. The molecule has 0 fully saturated rings. The molecule has 0 radical (unpaired) electrons. The van der Waals surface area contributed by atoms with Gasteiger partial charge in [-0.2, -0.15) is 0 Å². The van der Waals surface area contributed by atoms with Crippen LogP contribution in [-0.2, 0) is 6.61 Å². The maximum Gasteiger partial charge on any atom is 0.231 e. The molecule has 2 aliphatic rings. The molecule has 23 heavy (non-hydrogen) atoms. The van der Waals surface area contributed by atoms with Gasteiger partial charge in [-0.1, -0.05) is 0 Å². The summed E-state index contributed by atoms with van der Waals surface area (Å²) >= 11 is 0. The number of hydrogen-bond acceptors (Lipinski definition) is 6. The maximum absolute atomic E-state index is 9.90. The number of ether oxygens (including phenoxy) is 4. The van der Waals surface area contributed by atoms with E-state index in [2.05, 4.69) is 0 Å². The molecule has 0 unspecified atom stereocenters. The Kier molecular flexibility index (Phi) is 2.31. The van der Waals surface area contributed by atoms with Gasteiger partial charge in [-0.15, -0.1) is 0 Å². The highest BCUT2D eigenvalue weighted by Crippen LogP contribution is 2.51. The topological polar surface area (TPSA) is 70.3 Å². The molecule has 5 rings (SSSR count). The zero-order chi connectivity index (χ0) is 15.6. The molecule has 0 atom stereocenters. The fourth-order valence-electron chi connectivity index (χ4n) is 3.11. The lowest BCUT2D eigenvalue weighted by atomic mass is 10.0. The van der Waals surface area contributed by atoms with Crippen molar-refractivity contribution in [1.82, 2.24) is 0 Å². The Morgan fingerprint density at radius 2 is 1.91 bits per heavy atom. The number of benzene rings is 2. The van der Waals surface area contributed by atoms with E-state index in [1.807, 2.05) is 12.1 Å². The quantitative estimate of drug-likeness (QED) is 0.742. The van der Waals surface area contributed by atoms with Crippen LogP contribution in [0.4, 0.5) is 0 Å². The summed E-state index contributed by atoms with van der Waals surface area (Å²) in [5.41, 5.74) is 2.40. The van der Waals surface area contributed by atoms with Crippen molar-refractivity contribution in [3.05, 3.63) is 29.8 Å². The first-order valence-corrected chi connectivity index (χ1v) is 7.14. The van der Waals surface area contributed by atoms with Gasteiger partial charge < -0.3 is 28.5 Å². The minimum Gasteiger partial charge on any atom is -0.504 e. The Hall–Kier alpha value is -3.02. The lowest BCUT2D eigenvalue weighted by Crippen LogP contribution is -2.05. The first-order chi connectivity index (χ1) is 11.3. The number of phenols is 1. The van der Waals surface area contributed by atoms with E-state index < -0.39 is 0 Å². The van der Waals surface area contributed by atoms with Crippen molar-refractivity contribution in [3.8, 4) is 40.1 Å². The minimum atomic E-state index is 0.0339. The molecule has 0 spiro atoms. The fraction of sp³-hybridized carbons (Fsp3) is 0.176. The van der Waals surface area contributed by atoms with Gasteiger partial charge in [0.1, 0.15) is 18.0 Å². The van der Waals surface area contributed by atoms with Gasteiger partial charge in [0.15, 0.2) is 23.0 Å². The van der Waals surface area contributed by atoms with Crippen molar-refractivity contribution in [2.75, 3.05) is 13.9 Å². The highest BCUT2D eigenvalue weighted by Gasteiger charge is 2.29. The summed E-state index contributed by atoms with van der Waals surface area (Å²) in [6, 6.07) is 7.06. The Balaban J connectivity index is 1.79. The first-order valence-electron chi connectivity index (χ1n) is 7.14. The number of hydrogen-bond donors (Lipinski definition) is 1. The van der Waals surface area contributed by atoms with Crippen molar-refractivity contribution in [1.29, 1.82) is 0 Å². The molecule has 116 valence electrons. The number of aromatic hydroxyl groups is 1. The first kappa shape index (κ1) is 12.5. The number of methoxy groups -OCH3 is 1. The largest absolute Gasteiger partial charge is 0.504 e. The molecular formula is C17H12O6. The van der Waals surface area contributed by atoms with Gasteiger partial charge in [0, 0.05) is 17.0 Å². The van der Waals surface area contributed by atoms with E-state index in [0.29, 0.717) is 40.9 Å². The van der Waals surface area contributed by atoms with E-state index in [4.69, 9.17) is 23.4 Å². The summed E-state index contributed by atoms with van der Waals surface area (Å²) in [7, 11) is 1.49. The van der Waals surface area contributed by atoms with Gasteiger partial charge in [0.2, 0.25) is 12.5 Å². The summed E-state index contributed by atoms with van der Waals surface area (Å²) in [5.74, 6) is 2.92. The van der Waals surface area contributed by atoms with Crippen LogP contribution >= 0.6 is 0 Å². The summed E-state index contributed by atoms with van der Waals surface area (Å²) in [4.78, 5) is 0. The predicted octanol–water partition coefficient (Wildman–Crippen LogP) is 3.44. The van der Waals surface area contributed by atoms with Crippen molar-refractivity contribution >= 4 is 11.0 Å². The average molecular weight is 312 g/mol. The summed E-state index contributed by atoms with van der Waals surface area (Å²) in [5, 5.41) is 10.8. The number of furan rings is 1. The van der Waals surface area contributed by atoms with Gasteiger partial charge in [-0.25, -0.2) is 0 Å². The third-order valence-corrected chi connectivity index (χ3v) is 4.19. The average Bonchev–Trinajstić information content (AvgIpc) is 3.15. The second-order valence-corrected chi connectivity index (χ2v) is 5.39. The van der Waals surface area contributed by atoms with E-state index in [1.165, 1.54) is 7.11 Å². The third kappa shape index (κ3) is 1.57. The summed E-state index contributed by atoms with van der Waals surface area (Å²) in [6.45, 7) is 0.550. The number of phenolic OH excluding ortho intramolecular Hbond substituents is 1. The van der Waals surface area contributed by atoms with Crippen LogP contribution in [0.2, 0.25) is 0 Å². The van der Waals surface area contributed by atoms with Crippen LogP contribution in [0.25, 0.3) is 22.3 Å². The van der Waals surface area contributed by atoms with Crippen LogP contribution in [-0.4, -0.2) is 19.0 Å². The monoisotopic (exact) mass is 312 g/mol. The minimum absolute atomic E-state index is 0.0339. The van der Waals surface area contributed by atoms with Crippen LogP contribution in [0.3, 0.4) is 0 Å². The van der Waals surface area contributed by atoms with Gasteiger partial charge in [0.25, 0.3) is 0 Å². The zero-order valence-corrected chi connectivity index (χ0v) is 12.2. The molecule has 2 aliphatic heterocycles. The second-order valence-electron chi connectivity index (χ2n) is 5.39. The summed E-state index contributed by atoms with van der Waals surface area (Å²) < 4.78 is 27.9. The van der Waals surface area contributed by atoms with Crippen LogP contribution in [0.1, 0.15) is 5.56 Å². The van der Waals surface area contributed by atoms with E-state index in [1.54, 1.807) is 12.1 Å². The maximum atomic E-state index is 9.90. The molecular weight excluding hydrogens is 300 g/mol. The number of rotatable bonds is 1. The Morgan fingerprint density at radius 3 is 2.74 bits per heavy atom. The molecule has 3 aromatic rings. The predicted molar refractivity (Wildman–Crippen MR) is 80.3 cm³/mol. The highest BCUT2D eigenvalue weighted by molar-refractivity contribution is 5.93. The van der Waals surface area contributed by atoms with Gasteiger partial charge in [-0.3, -0.25) is 0 Å². The summed E-state index contributed by atoms with van der Waals surface area (Å²) in [6.07, 6.45) is 0. The highest BCUT2D eigenvalue weighted by atomic mass is 16.7. The van der Waals surface area contributed by atoms with Gasteiger partial charge in [-0.05, 0) is 18.2 Å². The Morgan fingerprint density at radius 1 is 1.09 bits per heavy atom. The molecule has 0 aliphatic carbocycles. The molecule has 6 nitrogen and oxygen atoms in total. The van der Waals surface area contributed by atoms with E-state index in [-0.39, 0.29) is 12.5 Å². The molecule has 1 aromatic heterocycles. The fourth-order valence-corrected chi connectivity index (χ4v) is 3.11. The van der Waals surface area contributed by atoms with Crippen LogP contribution in [0, 0.1) is 0 Å². The van der Waals surface area contributed by atoms with Crippen LogP contribution < -0.4 is 18.9 Å². The SMILES string of the molecule is COc1c(O)ccc2c1OCc1c-2oc2cc3c(cc12)OCO3. The molecule has 0 bridgehead atoms. The van der Waals surface area contributed by atoms with E-state index >= 15 is 0 Å². The molecule has 0 saturated carbocycles. The number of fused-ring (bicyclic) bond motifs is 6. The molecule has 0 amide bonds. The molecule has 6 heteroatoms. The van der Waals surface area contributed by atoms with E-state index in [0.717, 1.165) is 16.5 Å². The normalized spacial score (nSPS) is 14.3. The van der Waals surface area contributed by atoms with Gasteiger partial charge in [0.05, 0.1) is 12.7 Å². The van der Waals surface area contributed by atoms with Crippen molar-refractivity contribution in [3.63, 3.8) is 0 Å². The molecule has 0 saturated heterocycles. The smallest absolute Gasteiger partial charge is 0.231 e. The zero-order valence-electron chi connectivity index (χ0n) is 12.2. The Bertz CT molecular complexity index is 956. The van der Waals surface area contributed by atoms with Crippen LogP contribution in [0.15, 0.2) is 28.7 Å². The van der Waals surface area contributed by atoms with E-state index in [9.17, 15) is 5.11 Å². The van der Waals surface area contributed by atoms with Crippen molar-refractivity contribution < 1.29 is 28.5 Å². The third-order valence-electron chi connectivity index (χ3n) is 4.19. The second kappa shape index (κ2) is 4.25.